The van der Waals surface area contributed by atoms with E-state index in [1.54, 1.807) is 6.07 Å². The van der Waals surface area contributed by atoms with Gasteiger partial charge in [0.25, 0.3) is 0 Å². The first-order valence-electron chi connectivity index (χ1n) is 4.91. The predicted molar refractivity (Wildman–Crippen MR) is 60.7 cm³/mol. The number of ether oxygens (including phenoxy) is 2. The summed E-state index contributed by atoms with van der Waals surface area (Å²) in [5, 5.41) is 0. The summed E-state index contributed by atoms with van der Waals surface area (Å²) in [7, 11) is -1.87. The summed E-state index contributed by atoms with van der Waals surface area (Å²) in [5.74, 6) is 0.655. The van der Waals surface area contributed by atoms with Crippen molar-refractivity contribution in [3.8, 4) is 11.5 Å². The van der Waals surface area contributed by atoms with E-state index in [0.717, 1.165) is 12.7 Å². The Bertz CT molecular complexity index is 451. The molecule has 0 heterocycles. The molecule has 0 N–H and O–H groups in total. The Kier molecular flexibility index (Phi) is 4.18. The molecule has 0 saturated heterocycles. The van der Waals surface area contributed by atoms with Gasteiger partial charge in [-0.2, -0.15) is 0 Å². The summed E-state index contributed by atoms with van der Waals surface area (Å²) in [6.07, 6.45) is 1.93. The van der Waals surface area contributed by atoms with Gasteiger partial charge >= 0.3 is 0 Å². The molecule has 1 aromatic carbocycles. The third-order valence-electron chi connectivity index (χ3n) is 1.95. The van der Waals surface area contributed by atoms with Crippen molar-refractivity contribution in [2.45, 2.75) is 18.2 Å². The number of benzene rings is 1. The summed E-state index contributed by atoms with van der Waals surface area (Å²) in [6.45, 7) is 2.39. The van der Waals surface area contributed by atoms with Crippen LogP contribution in [0.2, 0.25) is 0 Å². The Morgan fingerprint density at radius 3 is 2.56 bits per heavy atom. The molecule has 1 radical (unpaired) electrons. The molecule has 0 saturated carbocycles. The van der Waals surface area contributed by atoms with Crippen molar-refractivity contribution in [2.75, 3.05) is 20.0 Å². The molecular formula is C11H15O4S. The average Bonchev–Trinajstić information content (AvgIpc) is 2.24. The van der Waals surface area contributed by atoms with Gasteiger partial charge in [-0.05, 0) is 24.6 Å². The van der Waals surface area contributed by atoms with E-state index < -0.39 is 9.84 Å². The van der Waals surface area contributed by atoms with Crippen LogP contribution in [0.25, 0.3) is 0 Å². The van der Waals surface area contributed by atoms with Gasteiger partial charge in [-0.15, -0.1) is 0 Å². The van der Waals surface area contributed by atoms with Crippen LogP contribution in [-0.2, 0) is 9.84 Å². The highest BCUT2D eigenvalue weighted by molar-refractivity contribution is 7.90. The van der Waals surface area contributed by atoms with E-state index in [9.17, 15) is 8.42 Å². The van der Waals surface area contributed by atoms with E-state index >= 15 is 0 Å². The molecule has 0 unspecified atom stereocenters. The van der Waals surface area contributed by atoms with E-state index in [1.165, 1.54) is 13.2 Å². The fourth-order valence-corrected chi connectivity index (χ4v) is 2.00. The fourth-order valence-electron chi connectivity index (χ4n) is 1.22. The van der Waals surface area contributed by atoms with Gasteiger partial charge in [-0.25, -0.2) is 8.42 Å². The van der Waals surface area contributed by atoms with Crippen molar-refractivity contribution in [1.29, 1.82) is 0 Å². The van der Waals surface area contributed by atoms with Crippen molar-refractivity contribution < 1.29 is 17.9 Å². The molecule has 89 valence electrons. The van der Waals surface area contributed by atoms with Crippen molar-refractivity contribution in [1.82, 2.24) is 0 Å². The first-order chi connectivity index (χ1) is 7.50. The Morgan fingerprint density at radius 2 is 2.06 bits per heavy atom. The second-order valence-corrected chi connectivity index (χ2v) is 5.32. The van der Waals surface area contributed by atoms with E-state index in [0.29, 0.717) is 12.4 Å². The summed E-state index contributed by atoms with van der Waals surface area (Å²) >= 11 is 0. The molecule has 1 aromatic rings. The fraction of sp³-hybridized carbons (Fsp3) is 0.455. The molecule has 0 aliphatic carbocycles. The van der Waals surface area contributed by atoms with Crippen molar-refractivity contribution >= 4 is 9.84 Å². The molecule has 1 rings (SSSR count). The highest BCUT2D eigenvalue weighted by Gasteiger charge is 2.18. The average molecular weight is 243 g/mol. The Hall–Kier alpha value is -1.23. The summed E-state index contributed by atoms with van der Waals surface area (Å²) in [4.78, 5) is 0.111. The lowest BCUT2D eigenvalue weighted by Crippen LogP contribution is -2.05. The van der Waals surface area contributed by atoms with Crippen LogP contribution in [0.4, 0.5) is 0 Å². The Labute approximate surface area is 96.1 Å². The summed E-state index contributed by atoms with van der Waals surface area (Å²) in [6, 6.07) is 5.67. The minimum absolute atomic E-state index is 0.111. The van der Waals surface area contributed by atoms with E-state index in [1.807, 2.05) is 6.92 Å². The number of methoxy groups -OCH3 is 1. The van der Waals surface area contributed by atoms with Crippen LogP contribution in [0, 0.1) is 6.07 Å². The van der Waals surface area contributed by atoms with Gasteiger partial charge in [-0.1, -0.05) is 6.92 Å². The topological polar surface area (TPSA) is 52.6 Å². The third kappa shape index (κ3) is 2.88. The number of hydrogen-bond donors (Lipinski definition) is 0. The van der Waals surface area contributed by atoms with Crippen LogP contribution in [0.3, 0.4) is 0 Å². The maximum absolute atomic E-state index is 11.5. The van der Waals surface area contributed by atoms with Gasteiger partial charge in [0.15, 0.2) is 21.3 Å². The van der Waals surface area contributed by atoms with Gasteiger partial charge in [0, 0.05) is 6.26 Å². The quantitative estimate of drug-likeness (QED) is 0.789. The lowest BCUT2D eigenvalue weighted by molar-refractivity contribution is 0.286. The Balaban J connectivity index is 3.26. The predicted octanol–water partition coefficient (Wildman–Crippen LogP) is 1.69. The van der Waals surface area contributed by atoms with Gasteiger partial charge < -0.3 is 9.47 Å². The van der Waals surface area contributed by atoms with Gasteiger partial charge in [0.2, 0.25) is 0 Å². The molecule has 16 heavy (non-hydrogen) atoms. The minimum atomic E-state index is -3.33. The summed E-state index contributed by atoms with van der Waals surface area (Å²) < 4.78 is 33.5. The SMILES string of the molecule is CCCOc1c(OC)c[c]cc1S(C)(=O)=O. The molecule has 0 aliphatic heterocycles. The lowest BCUT2D eigenvalue weighted by Gasteiger charge is -2.13. The van der Waals surface area contributed by atoms with Crippen LogP contribution < -0.4 is 9.47 Å². The van der Waals surface area contributed by atoms with Gasteiger partial charge in [-0.3, -0.25) is 0 Å². The molecule has 0 fully saturated rings. The monoisotopic (exact) mass is 243 g/mol. The summed E-state index contributed by atoms with van der Waals surface area (Å²) in [5.41, 5.74) is 0. The van der Waals surface area contributed by atoms with Gasteiger partial charge in [0.1, 0.15) is 4.90 Å². The highest BCUT2D eigenvalue weighted by atomic mass is 32.2. The van der Waals surface area contributed by atoms with Crippen molar-refractivity contribution in [2.24, 2.45) is 0 Å². The zero-order valence-electron chi connectivity index (χ0n) is 9.61. The molecule has 0 aliphatic rings. The zero-order valence-corrected chi connectivity index (χ0v) is 10.4. The zero-order chi connectivity index (χ0) is 12.2. The number of hydrogen-bond acceptors (Lipinski definition) is 4. The number of rotatable bonds is 5. The third-order valence-corrected chi connectivity index (χ3v) is 3.05. The molecule has 0 bridgehead atoms. The lowest BCUT2D eigenvalue weighted by atomic mass is 10.3. The van der Waals surface area contributed by atoms with Crippen LogP contribution in [0.15, 0.2) is 17.0 Å². The number of sulfone groups is 1. The largest absolute Gasteiger partial charge is 0.493 e. The smallest absolute Gasteiger partial charge is 0.179 e. The van der Waals surface area contributed by atoms with Crippen molar-refractivity contribution in [3.05, 3.63) is 18.2 Å². The Morgan fingerprint density at radius 1 is 1.38 bits per heavy atom. The maximum atomic E-state index is 11.5. The molecule has 0 atom stereocenters. The highest BCUT2D eigenvalue weighted by Crippen LogP contribution is 2.33. The van der Waals surface area contributed by atoms with Crippen molar-refractivity contribution in [3.63, 3.8) is 0 Å². The first kappa shape index (κ1) is 12.8. The molecule has 5 heteroatoms. The molecule has 4 nitrogen and oxygen atoms in total. The first-order valence-corrected chi connectivity index (χ1v) is 6.80. The van der Waals surface area contributed by atoms with Gasteiger partial charge in [0.05, 0.1) is 13.7 Å². The molecular weight excluding hydrogens is 228 g/mol. The molecule has 0 amide bonds. The molecule has 0 aromatic heterocycles. The van der Waals surface area contributed by atoms with Crippen LogP contribution in [0.1, 0.15) is 13.3 Å². The normalized spacial score (nSPS) is 11.2. The van der Waals surface area contributed by atoms with E-state index in [2.05, 4.69) is 6.07 Å². The standard InChI is InChI=1S/C11H15O4S/c1-4-8-15-11-9(14-2)6-5-7-10(11)16(3,12)13/h6-7H,4,8H2,1-3H3. The van der Waals surface area contributed by atoms with E-state index in [-0.39, 0.29) is 10.6 Å². The maximum Gasteiger partial charge on any atom is 0.179 e. The van der Waals surface area contributed by atoms with E-state index in [4.69, 9.17) is 9.47 Å². The molecule has 0 spiro atoms. The van der Waals surface area contributed by atoms with Crippen LogP contribution in [0.5, 0.6) is 11.5 Å². The second-order valence-electron chi connectivity index (χ2n) is 3.34. The van der Waals surface area contributed by atoms with Crippen LogP contribution >= 0.6 is 0 Å². The minimum Gasteiger partial charge on any atom is -0.493 e. The van der Waals surface area contributed by atoms with Crippen LogP contribution in [-0.4, -0.2) is 28.4 Å². The second kappa shape index (κ2) is 5.21.